The lowest BCUT2D eigenvalue weighted by atomic mass is 10.1. The number of halogens is 5. The highest BCUT2D eigenvalue weighted by atomic mass is 32.2. The van der Waals surface area contributed by atoms with Crippen LogP contribution in [0.1, 0.15) is 26.5 Å². The van der Waals surface area contributed by atoms with Gasteiger partial charge in [0.2, 0.25) is 5.82 Å². The van der Waals surface area contributed by atoms with Crippen LogP contribution < -0.4 is 4.18 Å². The first-order valence-corrected chi connectivity index (χ1v) is 14.4. The summed E-state index contributed by atoms with van der Waals surface area (Å²) in [6.07, 6.45) is 1.42. The van der Waals surface area contributed by atoms with Gasteiger partial charge in [0.05, 0.1) is 25.5 Å². The monoisotopic (exact) mass is 530 g/mol. The van der Waals surface area contributed by atoms with Crippen molar-refractivity contribution in [1.29, 1.82) is 0 Å². The molecule has 0 amide bonds. The van der Waals surface area contributed by atoms with Crippen LogP contribution >= 0.6 is 0 Å². The summed E-state index contributed by atoms with van der Waals surface area (Å²) in [5.41, 5.74) is -5.73. The van der Waals surface area contributed by atoms with E-state index in [1.807, 2.05) is 33.9 Å². The quantitative estimate of drug-likeness (QED) is 0.191. The first kappa shape index (κ1) is 28.2. The molecule has 0 aliphatic carbocycles. The minimum absolute atomic E-state index is 0.0203. The Hall–Kier alpha value is -2.03. The smallest absolute Gasteiger partial charge is 0.411 e. The topological polar surface area (TPSA) is 79.7 Å². The summed E-state index contributed by atoms with van der Waals surface area (Å²) in [4.78, 5) is 0. The second-order valence-electron chi connectivity index (χ2n) is 9.02. The molecule has 0 saturated heterocycles. The van der Waals surface area contributed by atoms with Gasteiger partial charge in [0.1, 0.15) is 0 Å². The molecule has 14 heteroatoms. The van der Waals surface area contributed by atoms with E-state index in [-0.39, 0.29) is 35.1 Å². The van der Waals surface area contributed by atoms with Gasteiger partial charge < -0.3 is 13.3 Å². The van der Waals surface area contributed by atoms with E-state index in [1.54, 1.807) is 0 Å². The van der Waals surface area contributed by atoms with E-state index in [2.05, 4.69) is 9.28 Å². The Morgan fingerprint density at radius 2 is 1.68 bits per heavy atom. The van der Waals surface area contributed by atoms with Gasteiger partial charge in [0.25, 0.3) is 0 Å². The molecule has 1 aromatic carbocycles. The molecule has 7 nitrogen and oxygen atoms in total. The number of hydrogen-bond donors (Lipinski definition) is 0. The van der Waals surface area contributed by atoms with Gasteiger partial charge in [0, 0.05) is 24.4 Å². The summed E-state index contributed by atoms with van der Waals surface area (Å²) >= 11 is 0. The van der Waals surface area contributed by atoms with Crippen LogP contribution in [0, 0.1) is 11.6 Å². The van der Waals surface area contributed by atoms with E-state index in [0.29, 0.717) is 12.6 Å². The Balaban J connectivity index is 2.49. The molecular weight excluding hydrogens is 503 g/mol. The van der Waals surface area contributed by atoms with Crippen molar-refractivity contribution in [3.63, 3.8) is 0 Å². The zero-order chi connectivity index (χ0) is 26.1. The number of methoxy groups -OCH3 is 1. The standard InChI is InChI=1S/C20H27F5N2O5SSi/c1-19(2,3)34(5,6)31-12-15-14(11-27(26-15)9-10-30-4)13-7-8-16(18(22)17(13)21)32-33(28,29)20(23,24)25/h7-8,11H,9-10,12H2,1-6H3. The number of nitrogens with zero attached hydrogens (tertiary/aromatic N) is 2. The predicted octanol–water partition coefficient (Wildman–Crippen LogP) is 5.22. The number of alkyl halides is 3. The Labute approximate surface area is 196 Å². The average Bonchev–Trinajstić information content (AvgIpc) is 3.09. The minimum atomic E-state index is -6.17. The third kappa shape index (κ3) is 6.15. The summed E-state index contributed by atoms with van der Waals surface area (Å²) in [6, 6.07) is 1.54. The van der Waals surface area contributed by atoms with E-state index in [4.69, 9.17) is 9.16 Å². The lowest BCUT2D eigenvalue weighted by Gasteiger charge is -2.36. The molecule has 2 aromatic rings. The Kier molecular flexibility index (Phi) is 8.22. The van der Waals surface area contributed by atoms with Crippen molar-refractivity contribution in [2.24, 2.45) is 0 Å². The zero-order valence-corrected chi connectivity index (χ0v) is 21.4. The molecule has 0 saturated carbocycles. The second kappa shape index (κ2) is 9.91. The summed E-state index contributed by atoms with van der Waals surface area (Å²) in [5, 5.41) is 4.23. The molecule has 192 valence electrons. The number of aromatic nitrogens is 2. The Morgan fingerprint density at radius 1 is 1.06 bits per heavy atom. The SMILES string of the molecule is COCCn1cc(-c2ccc(OS(=O)(=O)C(F)(F)F)c(F)c2F)c(CO[Si](C)(C)C(C)(C)C)n1. The molecule has 0 radical (unpaired) electrons. The van der Waals surface area contributed by atoms with Crippen molar-refractivity contribution in [3.05, 3.63) is 35.7 Å². The van der Waals surface area contributed by atoms with Gasteiger partial charge in [-0.1, -0.05) is 20.8 Å². The highest BCUT2D eigenvalue weighted by Crippen LogP contribution is 2.38. The molecule has 0 atom stereocenters. The molecular formula is C20H27F5N2O5SSi. The molecule has 0 unspecified atom stereocenters. The molecule has 0 spiro atoms. The molecule has 0 aliphatic rings. The third-order valence-electron chi connectivity index (χ3n) is 5.56. The molecule has 1 heterocycles. The molecule has 0 aliphatic heterocycles. The first-order chi connectivity index (χ1) is 15.4. The van der Waals surface area contributed by atoms with E-state index < -0.39 is 41.3 Å². The number of benzene rings is 1. The normalized spacial score (nSPS) is 13.4. The van der Waals surface area contributed by atoms with Crippen molar-refractivity contribution in [2.75, 3.05) is 13.7 Å². The fourth-order valence-corrected chi connectivity index (χ4v) is 3.92. The highest BCUT2D eigenvalue weighted by Gasteiger charge is 2.49. The molecule has 0 fully saturated rings. The molecule has 1 aromatic heterocycles. The zero-order valence-electron chi connectivity index (χ0n) is 19.6. The van der Waals surface area contributed by atoms with Gasteiger partial charge in [0.15, 0.2) is 19.9 Å². The van der Waals surface area contributed by atoms with Gasteiger partial charge in [-0.2, -0.15) is 31.1 Å². The van der Waals surface area contributed by atoms with Crippen LogP contribution in [0.15, 0.2) is 18.3 Å². The molecule has 0 N–H and O–H groups in total. The van der Waals surface area contributed by atoms with Gasteiger partial charge in [-0.3, -0.25) is 4.68 Å². The van der Waals surface area contributed by atoms with Crippen molar-refractivity contribution in [3.8, 4) is 16.9 Å². The third-order valence-corrected chi connectivity index (χ3v) is 11.0. The van der Waals surface area contributed by atoms with Gasteiger partial charge in [-0.25, -0.2) is 4.39 Å². The van der Waals surface area contributed by atoms with Crippen LogP contribution in [0.2, 0.25) is 18.1 Å². The van der Waals surface area contributed by atoms with Gasteiger partial charge in [-0.15, -0.1) is 0 Å². The maximum Gasteiger partial charge on any atom is 0.534 e. The lowest BCUT2D eigenvalue weighted by molar-refractivity contribution is -0.0501. The maximum absolute atomic E-state index is 14.9. The maximum atomic E-state index is 14.9. The summed E-state index contributed by atoms with van der Waals surface area (Å²) in [6.45, 7) is 10.6. The first-order valence-electron chi connectivity index (χ1n) is 10.1. The van der Waals surface area contributed by atoms with Crippen molar-refractivity contribution in [2.45, 2.75) is 57.6 Å². The largest absolute Gasteiger partial charge is 0.534 e. The molecule has 2 rings (SSSR count). The van der Waals surface area contributed by atoms with E-state index >= 15 is 0 Å². The average molecular weight is 531 g/mol. The predicted molar refractivity (Wildman–Crippen MR) is 117 cm³/mol. The van der Waals surface area contributed by atoms with Gasteiger partial charge in [-0.05, 0) is 30.3 Å². The van der Waals surface area contributed by atoms with Crippen LogP contribution in [0.4, 0.5) is 22.0 Å². The molecule has 34 heavy (non-hydrogen) atoms. The minimum Gasteiger partial charge on any atom is -0.411 e. The van der Waals surface area contributed by atoms with Crippen LogP contribution in [0.3, 0.4) is 0 Å². The van der Waals surface area contributed by atoms with Crippen molar-refractivity contribution < 1.29 is 43.7 Å². The fraction of sp³-hybridized carbons (Fsp3) is 0.550. The Morgan fingerprint density at radius 3 is 2.21 bits per heavy atom. The number of rotatable bonds is 9. The summed E-state index contributed by atoms with van der Waals surface area (Å²) in [7, 11) is -6.93. The van der Waals surface area contributed by atoms with Crippen LogP contribution in [-0.2, 0) is 32.4 Å². The van der Waals surface area contributed by atoms with E-state index in [0.717, 1.165) is 6.07 Å². The van der Waals surface area contributed by atoms with Gasteiger partial charge >= 0.3 is 15.6 Å². The van der Waals surface area contributed by atoms with E-state index in [9.17, 15) is 30.4 Å². The van der Waals surface area contributed by atoms with Crippen LogP contribution in [0.5, 0.6) is 5.75 Å². The van der Waals surface area contributed by atoms with Crippen molar-refractivity contribution in [1.82, 2.24) is 9.78 Å². The lowest BCUT2D eigenvalue weighted by Crippen LogP contribution is -2.40. The fourth-order valence-electron chi connectivity index (χ4n) is 2.53. The molecule has 0 bridgehead atoms. The summed E-state index contributed by atoms with van der Waals surface area (Å²) in [5.74, 6) is -4.88. The van der Waals surface area contributed by atoms with Crippen LogP contribution in [0.25, 0.3) is 11.1 Å². The number of hydrogen-bond acceptors (Lipinski definition) is 6. The van der Waals surface area contributed by atoms with Crippen LogP contribution in [-0.4, -0.2) is 45.7 Å². The Bertz CT molecular complexity index is 1130. The second-order valence-corrected chi connectivity index (χ2v) is 15.4. The number of ether oxygens (including phenoxy) is 1. The highest BCUT2D eigenvalue weighted by molar-refractivity contribution is 7.88. The van der Waals surface area contributed by atoms with E-state index in [1.165, 1.54) is 18.0 Å². The van der Waals surface area contributed by atoms with Crippen molar-refractivity contribution >= 4 is 18.4 Å². The summed E-state index contributed by atoms with van der Waals surface area (Å²) < 4.78 is 106.